The molecule has 1 heterocycles. The molecule has 3 heteroatoms. The van der Waals surface area contributed by atoms with Gasteiger partial charge in [0, 0.05) is 6.07 Å². The summed E-state index contributed by atoms with van der Waals surface area (Å²) in [5.74, 6) is 2.36. The molecule has 138 valence electrons. The van der Waals surface area contributed by atoms with Crippen LogP contribution in [0, 0.1) is 0 Å². The monoisotopic (exact) mass is 369 g/mol. The standard InChI is InChI=1S/C25H21O3/c1-26-20-14-12-18(13-15-20)16-22(19-8-4-3-5-9-19)25-17-24(27-2)21-10-6-7-11-23(21)28-25/h3-17H,1-2H3/q+1. The van der Waals surface area contributed by atoms with Crippen molar-refractivity contribution in [3.8, 4) is 11.5 Å². The second-order valence-electron chi connectivity index (χ2n) is 6.37. The van der Waals surface area contributed by atoms with Gasteiger partial charge in [-0.2, -0.15) is 0 Å². The van der Waals surface area contributed by atoms with Gasteiger partial charge in [-0.05, 0) is 35.4 Å². The molecule has 0 spiro atoms. The van der Waals surface area contributed by atoms with E-state index in [1.54, 1.807) is 14.2 Å². The molecule has 0 fully saturated rings. The number of hydrogen-bond donors (Lipinski definition) is 0. The van der Waals surface area contributed by atoms with Crippen molar-refractivity contribution in [3.05, 3.63) is 102 Å². The van der Waals surface area contributed by atoms with Crippen LogP contribution >= 0.6 is 0 Å². The second-order valence-corrected chi connectivity index (χ2v) is 6.37. The highest BCUT2D eigenvalue weighted by Gasteiger charge is 2.22. The maximum Gasteiger partial charge on any atom is 0.365 e. The minimum absolute atomic E-state index is 0.748. The van der Waals surface area contributed by atoms with Crippen LogP contribution in [0.1, 0.15) is 16.9 Å². The van der Waals surface area contributed by atoms with Crippen LogP contribution < -0.4 is 9.47 Å². The van der Waals surface area contributed by atoms with Crippen LogP contribution in [0.15, 0.2) is 89.3 Å². The van der Waals surface area contributed by atoms with Gasteiger partial charge in [0.15, 0.2) is 0 Å². The zero-order valence-corrected chi connectivity index (χ0v) is 15.9. The molecule has 4 rings (SSSR count). The van der Waals surface area contributed by atoms with Crippen LogP contribution in [0.5, 0.6) is 11.5 Å². The fourth-order valence-electron chi connectivity index (χ4n) is 3.19. The molecule has 3 nitrogen and oxygen atoms in total. The molecule has 0 atom stereocenters. The Balaban J connectivity index is 1.91. The highest BCUT2D eigenvalue weighted by Crippen LogP contribution is 2.34. The first-order valence-electron chi connectivity index (χ1n) is 9.10. The predicted molar refractivity (Wildman–Crippen MR) is 114 cm³/mol. The molecule has 28 heavy (non-hydrogen) atoms. The fraction of sp³-hybridized carbons (Fsp3) is 0.0800. The van der Waals surface area contributed by atoms with Crippen LogP contribution in [0.2, 0.25) is 0 Å². The van der Waals surface area contributed by atoms with Crippen molar-refractivity contribution < 1.29 is 13.9 Å². The van der Waals surface area contributed by atoms with Gasteiger partial charge in [0.1, 0.15) is 16.9 Å². The molecule has 0 aliphatic rings. The topological polar surface area (TPSA) is 29.8 Å². The van der Waals surface area contributed by atoms with E-state index in [1.165, 1.54) is 0 Å². The van der Waals surface area contributed by atoms with E-state index in [2.05, 4.69) is 18.2 Å². The number of benzene rings is 3. The van der Waals surface area contributed by atoms with E-state index in [-0.39, 0.29) is 0 Å². The molecule has 0 amide bonds. The summed E-state index contributed by atoms with van der Waals surface area (Å²) in [5, 5.41) is 0.950. The molecular formula is C25H21O3+. The Bertz CT molecular complexity index is 1110. The fourth-order valence-corrected chi connectivity index (χ4v) is 3.19. The number of fused-ring (bicyclic) bond motifs is 1. The molecule has 0 bridgehead atoms. The van der Waals surface area contributed by atoms with E-state index in [1.807, 2.05) is 72.8 Å². The number of hydrogen-bond acceptors (Lipinski definition) is 2. The molecule has 0 saturated carbocycles. The van der Waals surface area contributed by atoms with Crippen molar-refractivity contribution in [3.63, 3.8) is 0 Å². The summed E-state index contributed by atoms with van der Waals surface area (Å²) in [5.41, 5.74) is 3.89. The molecule has 3 aromatic carbocycles. The minimum Gasteiger partial charge on any atom is -0.497 e. The van der Waals surface area contributed by atoms with Gasteiger partial charge in [-0.3, -0.25) is 0 Å². The molecule has 4 aromatic rings. The Labute approximate surface area is 164 Å². The molecule has 0 N–H and O–H groups in total. The second kappa shape index (κ2) is 7.97. The smallest absolute Gasteiger partial charge is 0.365 e. The highest BCUT2D eigenvalue weighted by molar-refractivity contribution is 5.92. The van der Waals surface area contributed by atoms with Crippen LogP contribution in [0.4, 0.5) is 0 Å². The summed E-state index contributed by atoms with van der Waals surface area (Å²) in [6.45, 7) is 0. The van der Waals surface area contributed by atoms with Crippen LogP contribution in [-0.4, -0.2) is 14.2 Å². The van der Waals surface area contributed by atoms with Crippen LogP contribution in [-0.2, 0) is 0 Å². The SMILES string of the molecule is COc1ccc(C=C(c2ccccc2)c2cc(OC)c3ccccc3[o+]2)cc1. The van der Waals surface area contributed by atoms with Crippen molar-refractivity contribution in [1.29, 1.82) is 0 Å². The molecule has 0 aliphatic heterocycles. The summed E-state index contributed by atoms with van der Waals surface area (Å²) in [4.78, 5) is 0. The van der Waals surface area contributed by atoms with Gasteiger partial charge in [0.05, 0.1) is 25.9 Å². The first-order valence-corrected chi connectivity index (χ1v) is 9.10. The first kappa shape index (κ1) is 17.8. The zero-order valence-electron chi connectivity index (χ0n) is 15.9. The molecule has 1 aromatic heterocycles. The van der Waals surface area contributed by atoms with E-state index < -0.39 is 0 Å². The Morgan fingerprint density at radius 2 is 1.50 bits per heavy atom. The number of para-hydroxylation sites is 1. The lowest BCUT2D eigenvalue weighted by Gasteiger charge is -2.05. The number of methoxy groups -OCH3 is 2. The summed E-state index contributed by atoms with van der Waals surface area (Å²) < 4.78 is 17.2. The van der Waals surface area contributed by atoms with E-state index in [9.17, 15) is 0 Å². The van der Waals surface area contributed by atoms with Crippen molar-refractivity contribution in [2.45, 2.75) is 0 Å². The van der Waals surface area contributed by atoms with Crippen molar-refractivity contribution in [2.75, 3.05) is 14.2 Å². The largest absolute Gasteiger partial charge is 0.497 e. The lowest BCUT2D eigenvalue weighted by Crippen LogP contribution is -1.92. The van der Waals surface area contributed by atoms with Gasteiger partial charge >= 0.3 is 11.3 Å². The van der Waals surface area contributed by atoms with Gasteiger partial charge in [0.2, 0.25) is 0 Å². The zero-order chi connectivity index (χ0) is 19.3. The lowest BCUT2D eigenvalue weighted by molar-refractivity contribution is 0.415. The van der Waals surface area contributed by atoms with Crippen LogP contribution in [0.3, 0.4) is 0 Å². The molecule has 0 saturated heterocycles. The third-order valence-corrected chi connectivity index (χ3v) is 4.63. The Hall–Kier alpha value is -3.59. The number of ether oxygens (including phenoxy) is 2. The van der Waals surface area contributed by atoms with Crippen molar-refractivity contribution in [1.82, 2.24) is 0 Å². The Morgan fingerprint density at radius 3 is 2.21 bits per heavy atom. The normalized spacial score (nSPS) is 11.4. The predicted octanol–water partition coefficient (Wildman–Crippen LogP) is 6.32. The maximum atomic E-state index is 6.26. The quantitative estimate of drug-likeness (QED) is 0.304. The van der Waals surface area contributed by atoms with E-state index in [4.69, 9.17) is 13.9 Å². The Kier molecular flexibility index (Phi) is 5.07. The van der Waals surface area contributed by atoms with Gasteiger partial charge in [-0.25, -0.2) is 4.42 Å². The first-order chi connectivity index (χ1) is 13.8. The highest BCUT2D eigenvalue weighted by atomic mass is 16.5. The van der Waals surface area contributed by atoms with Gasteiger partial charge in [-0.15, -0.1) is 0 Å². The summed E-state index contributed by atoms with van der Waals surface area (Å²) in [7, 11) is 3.35. The lowest BCUT2D eigenvalue weighted by atomic mass is 9.99. The Morgan fingerprint density at radius 1 is 0.786 bits per heavy atom. The average molecular weight is 369 g/mol. The third kappa shape index (κ3) is 3.60. The minimum atomic E-state index is 0.748. The van der Waals surface area contributed by atoms with Gasteiger partial charge in [-0.1, -0.05) is 54.6 Å². The van der Waals surface area contributed by atoms with Gasteiger partial charge < -0.3 is 9.47 Å². The molecule has 0 aliphatic carbocycles. The van der Waals surface area contributed by atoms with E-state index in [0.29, 0.717) is 0 Å². The van der Waals surface area contributed by atoms with Crippen molar-refractivity contribution in [2.24, 2.45) is 0 Å². The summed E-state index contributed by atoms with van der Waals surface area (Å²) >= 11 is 0. The van der Waals surface area contributed by atoms with Crippen LogP contribution in [0.25, 0.3) is 22.6 Å². The third-order valence-electron chi connectivity index (χ3n) is 4.63. The van der Waals surface area contributed by atoms with Crippen molar-refractivity contribution >= 4 is 22.6 Å². The maximum absolute atomic E-state index is 6.26. The van der Waals surface area contributed by atoms with Gasteiger partial charge in [0.25, 0.3) is 0 Å². The molecule has 0 radical (unpaired) electrons. The molecule has 0 unspecified atom stereocenters. The average Bonchev–Trinajstić information content (AvgIpc) is 2.77. The summed E-state index contributed by atoms with van der Waals surface area (Å²) in [6, 6.07) is 28.0. The number of rotatable bonds is 5. The van der Waals surface area contributed by atoms with E-state index >= 15 is 0 Å². The summed E-state index contributed by atoms with van der Waals surface area (Å²) in [6.07, 6.45) is 2.11. The molecular weight excluding hydrogens is 348 g/mol. The van der Waals surface area contributed by atoms with E-state index in [0.717, 1.165) is 44.9 Å².